The van der Waals surface area contributed by atoms with Gasteiger partial charge in [-0.05, 0) is 18.7 Å². The number of carbonyl (C=O) groups excluding carboxylic acids is 1. The molecule has 12 heavy (non-hydrogen) atoms. The van der Waals surface area contributed by atoms with Gasteiger partial charge in [0.25, 0.3) is 0 Å². The molecular weight excluding hydrogens is 182 g/mol. The predicted molar refractivity (Wildman–Crippen MR) is 45.1 cm³/mol. The van der Waals surface area contributed by atoms with E-state index in [2.05, 4.69) is 4.74 Å². The fourth-order valence-electron chi connectivity index (χ4n) is 0.478. The largest absolute Gasteiger partial charge is 0.473 e. The van der Waals surface area contributed by atoms with Crippen LogP contribution >= 0.6 is 11.8 Å². The number of carboxylic acid groups (broad SMARTS) is 1. The van der Waals surface area contributed by atoms with Crippen molar-refractivity contribution < 1.29 is 19.4 Å². The summed E-state index contributed by atoms with van der Waals surface area (Å²) in [6.45, 7) is 1.92. The van der Waals surface area contributed by atoms with Crippen LogP contribution in [0.1, 0.15) is 6.92 Å². The minimum atomic E-state index is -1.05. The molecule has 3 N–H and O–H groups in total. The van der Waals surface area contributed by atoms with E-state index in [9.17, 15) is 9.59 Å². The first-order valence-electron chi connectivity index (χ1n) is 3.35. The summed E-state index contributed by atoms with van der Waals surface area (Å²) in [5, 5.41) is 7.18. The summed E-state index contributed by atoms with van der Waals surface area (Å²) in [5.41, 5.74) is 5.29. The van der Waals surface area contributed by atoms with Crippen molar-refractivity contribution in [3.05, 3.63) is 0 Å². The third-order valence-corrected chi connectivity index (χ3v) is 1.75. The Balaban J connectivity index is 3.63. The molecule has 0 unspecified atom stereocenters. The quantitative estimate of drug-likeness (QED) is 0.623. The Morgan fingerprint density at radius 2 is 2.25 bits per heavy atom. The van der Waals surface area contributed by atoms with Crippen molar-refractivity contribution in [3.8, 4) is 0 Å². The number of nitrogens with two attached hydrogens (primary N) is 1. The SMILES string of the molecule is CCOC(=O)[C@@H](N)CSC(=O)O. The lowest BCUT2D eigenvalue weighted by atomic mass is 10.4. The van der Waals surface area contributed by atoms with Gasteiger partial charge >= 0.3 is 11.3 Å². The average molecular weight is 193 g/mol. The number of ether oxygens (including phenoxy) is 1. The van der Waals surface area contributed by atoms with Crippen LogP contribution in [0.2, 0.25) is 0 Å². The molecule has 0 aromatic carbocycles. The number of thioether (sulfide) groups is 1. The van der Waals surface area contributed by atoms with Crippen molar-refractivity contribution in [2.24, 2.45) is 5.73 Å². The first kappa shape index (κ1) is 11.2. The van der Waals surface area contributed by atoms with Gasteiger partial charge in [-0.15, -0.1) is 0 Å². The van der Waals surface area contributed by atoms with Crippen LogP contribution in [0.15, 0.2) is 0 Å². The highest BCUT2D eigenvalue weighted by molar-refractivity contribution is 8.13. The Morgan fingerprint density at radius 1 is 1.67 bits per heavy atom. The molecule has 0 saturated heterocycles. The van der Waals surface area contributed by atoms with Gasteiger partial charge in [0.05, 0.1) is 6.61 Å². The van der Waals surface area contributed by atoms with Crippen LogP contribution in [0, 0.1) is 0 Å². The van der Waals surface area contributed by atoms with Crippen molar-refractivity contribution in [1.29, 1.82) is 0 Å². The maximum Gasteiger partial charge on any atom is 0.364 e. The fraction of sp³-hybridized carbons (Fsp3) is 0.667. The van der Waals surface area contributed by atoms with Gasteiger partial charge in [-0.1, -0.05) is 0 Å². The number of hydrogen-bond acceptors (Lipinski definition) is 5. The molecule has 0 bridgehead atoms. The van der Waals surface area contributed by atoms with Crippen LogP contribution in [0.4, 0.5) is 4.79 Å². The minimum absolute atomic E-state index is 0.0359. The first-order chi connectivity index (χ1) is 5.57. The van der Waals surface area contributed by atoms with E-state index in [0.717, 1.165) is 0 Å². The van der Waals surface area contributed by atoms with Gasteiger partial charge in [0.15, 0.2) is 0 Å². The molecule has 0 rings (SSSR count). The molecule has 0 radical (unpaired) electrons. The zero-order valence-electron chi connectivity index (χ0n) is 6.65. The second-order valence-corrected chi connectivity index (χ2v) is 2.91. The predicted octanol–water partition coefficient (Wildman–Crippen LogP) is 0.288. The third kappa shape index (κ3) is 4.97. The highest BCUT2D eigenvalue weighted by Gasteiger charge is 2.15. The van der Waals surface area contributed by atoms with Gasteiger partial charge in [-0.3, -0.25) is 4.79 Å². The van der Waals surface area contributed by atoms with Gasteiger partial charge < -0.3 is 15.6 Å². The normalized spacial score (nSPS) is 12.2. The van der Waals surface area contributed by atoms with E-state index >= 15 is 0 Å². The summed E-state index contributed by atoms with van der Waals surface area (Å²) < 4.78 is 4.57. The number of carbonyl (C=O) groups is 2. The highest BCUT2D eigenvalue weighted by atomic mass is 32.2. The maximum atomic E-state index is 10.8. The summed E-state index contributed by atoms with van der Waals surface area (Å²) in [4.78, 5) is 20.8. The van der Waals surface area contributed by atoms with E-state index in [1.54, 1.807) is 6.92 Å². The van der Waals surface area contributed by atoms with E-state index in [-0.39, 0.29) is 12.4 Å². The Morgan fingerprint density at radius 3 is 2.67 bits per heavy atom. The van der Waals surface area contributed by atoms with Crippen LogP contribution < -0.4 is 5.73 Å². The van der Waals surface area contributed by atoms with Gasteiger partial charge in [0.1, 0.15) is 6.04 Å². The molecule has 0 aliphatic rings. The van der Waals surface area contributed by atoms with Crippen LogP contribution in [-0.4, -0.2) is 34.8 Å². The Kier molecular flexibility index (Phi) is 5.48. The fourth-order valence-corrected chi connectivity index (χ4v) is 0.937. The second kappa shape index (κ2) is 5.84. The lowest BCUT2D eigenvalue weighted by Crippen LogP contribution is -2.34. The van der Waals surface area contributed by atoms with E-state index < -0.39 is 17.3 Å². The standard InChI is InChI=1S/C6H11NO4S/c1-2-11-5(8)4(7)3-12-6(9)10/h4H,2-3,7H2,1H3,(H,9,10)/t4-/m0/s1. The molecule has 0 saturated carbocycles. The molecular formula is C6H11NO4S. The second-order valence-electron chi connectivity index (χ2n) is 1.94. The third-order valence-electron chi connectivity index (χ3n) is 0.976. The maximum absolute atomic E-state index is 10.8. The van der Waals surface area contributed by atoms with Crippen LogP contribution in [-0.2, 0) is 9.53 Å². The smallest absolute Gasteiger partial charge is 0.364 e. The van der Waals surface area contributed by atoms with Crippen molar-refractivity contribution >= 4 is 23.0 Å². The molecule has 0 aliphatic carbocycles. The molecule has 0 aromatic rings. The summed E-state index contributed by atoms with van der Waals surface area (Å²) in [7, 11) is 0. The Hall–Kier alpha value is -0.750. The van der Waals surface area contributed by atoms with Crippen molar-refractivity contribution in [2.45, 2.75) is 13.0 Å². The van der Waals surface area contributed by atoms with Crippen molar-refractivity contribution in [2.75, 3.05) is 12.4 Å². The molecule has 0 fully saturated rings. The number of hydrogen-bond donors (Lipinski definition) is 2. The molecule has 70 valence electrons. The van der Waals surface area contributed by atoms with Gasteiger partial charge in [0.2, 0.25) is 0 Å². The summed E-state index contributed by atoms with van der Waals surface area (Å²) >= 11 is 0.584. The molecule has 0 aliphatic heterocycles. The first-order valence-corrected chi connectivity index (χ1v) is 4.34. The monoisotopic (exact) mass is 193 g/mol. The molecule has 0 spiro atoms. The molecule has 0 amide bonds. The van der Waals surface area contributed by atoms with Gasteiger partial charge in [-0.25, -0.2) is 4.79 Å². The van der Waals surface area contributed by atoms with E-state index in [1.165, 1.54) is 0 Å². The molecule has 5 nitrogen and oxygen atoms in total. The topological polar surface area (TPSA) is 89.6 Å². The van der Waals surface area contributed by atoms with Crippen LogP contribution in [0.25, 0.3) is 0 Å². The molecule has 6 heteroatoms. The number of esters is 1. The molecule has 0 aromatic heterocycles. The van der Waals surface area contributed by atoms with E-state index in [4.69, 9.17) is 10.8 Å². The highest BCUT2D eigenvalue weighted by Crippen LogP contribution is 2.03. The summed E-state index contributed by atoms with van der Waals surface area (Å²) in [6.07, 6.45) is 0. The Labute approximate surface area is 74.3 Å². The zero-order chi connectivity index (χ0) is 9.56. The van der Waals surface area contributed by atoms with Crippen LogP contribution in [0.3, 0.4) is 0 Å². The van der Waals surface area contributed by atoms with Gasteiger partial charge in [0, 0.05) is 5.75 Å². The van der Waals surface area contributed by atoms with E-state index in [0.29, 0.717) is 11.8 Å². The van der Waals surface area contributed by atoms with E-state index in [1.807, 2.05) is 0 Å². The average Bonchev–Trinajstić information content (AvgIpc) is 2.00. The lowest BCUT2D eigenvalue weighted by molar-refractivity contribution is -0.144. The summed E-state index contributed by atoms with van der Waals surface area (Å²) in [6, 6.07) is -0.856. The molecule has 1 atom stereocenters. The molecule has 0 heterocycles. The van der Waals surface area contributed by atoms with Gasteiger partial charge in [-0.2, -0.15) is 0 Å². The lowest BCUT2D eigenvalue weighted by Gasteiger charge is -2.07. The zero-order valence-corrected chi connectivity index (χ0v) is 7.47. The van der Waals surface area contributed by atoms with Crippen LogP contribution in [0.5, 0.6) is 0 Å². The van der Waals surface area contributed by atoms with Crippen molar-refractivity contribution in [3.63, 3.8) is 0 Å². The minimum Gasteiger partial charge on any atom is -0.473 e. The summed E-state index contributed by atoms with van der Waals surface area (Å²) in [5.74, 6) is -0.528. The number of rotatable bonds is 4. The Bertz CT molecular complexity index is 173. The van der Waals surface area contributed by atoms with Crippen molar-refractivity contribution in [1.82, 2.24) is 0 Å².